The van der Waals surface area contributed by atoms with Gasteiger partial charge in [-0.15, -0.1) is 0 Å². The first-order chi connectivity index (χ1) is 10.4. The molecule has 22 heavy (non-hydrogen) atoms. The van der Waals surface area contributed by atoms with Gasteiger partial charge in [-0.3, -0.25) is 15.0 Å². The van der Waals surface area contributed by atoms with E-state index in [0.717, 1.165) is 43.5 Å². The van der Waals surface area contributed by atoms with Crippen LogP contribution in [0.3, 0.4) is 0 Å². The highest BCUT2D eigenvalue weighted by atomic mass is 16.2. The molecule has 8 nitrogen and oxygen atoms in total. The molecular formula is C14H22N6O2. The number of amides is 3. The van der Waals surface area contributed by atoms with E-state index in [-0.39, 0.29) is 11.9 Å². The zero-order chi connectivity index (χ0) is 16.3. The van der Waals surface area contributed by atoms with Gasteiger partial charge in [-0.25, -0.2) is 14.8 Å². The number of nitrogens with zero attached hydrogens (tertiary/aromatic N) is 4. The fourth-order valence-corrected chi connectivity index (χ4v) is 2.59. The fourth-order valence-electron chi connectivity index (χ4n) is 2.59. The summed E-state index contributed by atoms with van der Waals surface area (Å²) in [6.07, 6.45) is 0. The Balaban J connectivity index is 1.95. The summed E-state index contributed by atoms with van der Waals surface area (Å²) in [4.78, 5) is 35.5. The molecule has 1 aliphatic heterocycles. The standard InChI is InChI=1S/C14H22N6O2/c1-9-8-12(17-11(3)16-9)20-6-4-19(5-7-20)10(2)13(21)18-14(15)22/h8,10H,4-7H2,1-3H3,(H3,15,18,21,22). The maximum Gasteiger partial charge on any atom is 0.318 e. The van der Waals surface area contributed by atoms with Crippen molar-refractivity contribution in [2.24, 2.45) is 5.73 Å². The highest BCUT2D eigenvalue weighted by Crippen LogP contribution is 2.16. The Morgan fingerprint density at radius 3 is 2.41 bits per heavy atom. The predicted octanol–water partition coefficient (Wildman–Crippen LogP) is -0.201. The van der Waals surface area contributed by atoms with Crippen LogP contribution in [0.5, 0.6) is 0 Å². The van der Waals surface area contributed by atoms with Gasteiger partial charge in [0.25, 0.3) is 0 Å². The van der Waals surface area contributed by atoms with Crippen molar-refractivity contribution in [2.75, 3.05) is 31.1 Å². The van der Waals surface area contributed by atoms with Gasteiger partial charge in [-0.1, -0.05) is 0 Å². The van der Waals surface area contributed by atoms with Crippen molar-refractivity contribution >= 4 is 17.8 Å². The van der Waals surface area contributed by atoms with E-state index in [9.17, 15) is 9.59 Å². The molecule has 1 saturated heterocycles. The molecule has 120 valence electrons. The molecule has 2 heterocycles. The molecule has 0 spiro atoms. The molecule has 1 aromatic heterocycles. The molecule has 1 unspecified atom stereocenters. The van der Waals surface area contributed by atoms with Crippen molar-refractivity contribution in [3.63, 3.8) is 0 Å². The molecule has 0 aliphatic carbocycles. The van der Waals surface area contributed by atoms with Crippen LogP contribution < -0.4 is 16.0 Å². The van der Waals surface area contributed by atoms with Crippen LogP contribution in [0, 0.1) is 13.8 Å². The second-order valence-corrected chi connectivity index (χ2v) is 5.47. The molecular weight excluding hydrogens is 284 g/mol. The van der Waals surface area contributed by atoms with E-state index >= 15 is 0 Å². The fraction of sp³-hybridized carbons (Fsp3) is 0.571. The van der Waals surface area contributed by atoms with Crippen LogP contribution >= 0.6 is 0 Å². The summed E-state index contributed by atoms with van der Waals surface area (Å²) >= 11 is 0. The number of primary amides is 1. The highest BCUT2D eigenvalue weighted by Gasteiger charge is 2.26. The number of imide groups is 1. The van der Waals surface area contributed by atoms with Crippen molar-refractivity contribution in [2.45, 2.75) is 26.8 Å². The number of piperazine rings is 1. The predicted molar refractivity (Wildman–Crippen MR) is 82.5 cm³/mol. The molecule has 3 amide bonds. The summed E-state index contributed by atoms with van der Waals surface area (Å²) in [5, 5.41) is 2.12. The van der Waals surface area contributed by atoms with Crippen LogP contribution in [0.4, 0.5) is 10.6 Å². The number of aryl methyl sites for hydroxylation is 2. The summed E-state index contributed by atoms with van der Waals surface area (Å²) in [6, 6.07) is 0.761. The Hall–Kier alpha value is -2.22. The van der Waals surface area contributed by atoms with Gasteiger partial charge in [-0.2, -0.15) is 0 Å². The Bertz CT molecular complexity index is 548. The van der Waals surface area contributed by atoms with Crippen LogP contribution in [0.1, 0.15) is 18.4 Å². The number of hydrogen-bond donors (Lipinski definition) is 2. The lowest BCUT2D eigenvalue weighted by Gasteiger charge is -2.37. The number of nitrogens with one attached hydrogen (secondary N) is 1. The van der Waals surface area contributed by atoms with Gasteiger partial charge in [0.05, 0.1) is 6.04 Å². The van der Waals surface area contributed by atoms with Crippen molar-refractivity contribution < 1.29 is 9.59 Å². The summed E-state index contributed by atoms with van der Waals surface area (Å²) in [6.45, 7) is 8.57. The molecule has 3 N–H and O–H groups in total. The SMILES string of the molecule is Cc1cc(N2CCN(C(C)C(=O)NC(N)=O)CC2)nc(C)n1. The van der Waals surface area contributed by atoms with Gasteiger partial charge in [0.1, 0.15) is 11.6 Å². The Morgan fingerprint density at radius 1 is 1.23 bits per heavy atom. The first-order valence-corrected chi connectivity index (χ1v) is 7.28. The molecule has 8 heteroatoms. The zero-order valence-electron chi connectivity index (χ0n) is 13.2. The average Bonchev–Trinajstić information content (AvgIpc) is 2.45. The quantitative estimate of drug-likeness (QED) is 0.801. The van der Waals surface area contributed by atoms with E-state index in [0.29, 0.717) is 0 Å². The Labute approximate surface area is 129 Å². The van der Waals surface area contributed by atoms with Crippen LogP contribution in [0.25, 0.3) is 0 Å². The van der Waals surface area contributed by atoms with Gasteiger partial charge in [-0.05, 0) is 20.8 Å². The van der Waals surface area contributed by atoms with E-state index in [1.165, 1.54) is 0 Å². The van der Waals surface area contributed by atoms with E-state index in [1.807, 2.05) is 24.8 Å². The van der Waals surface area contributed by atoms with Gasteiger partial charge >= 0.3 is 6.03 Å². The second-order valence-electron chi connectivity index (χ2n) is 5.47. The maximum atomic E-state index is 11.8. The molecule has 1 atom stereocenters. The largest absolute Gasteiger partial charge is 0.354 e. The molecule has 2 rings (SSSR count). The maximum absolute atomic E-state index is 11.8. The minimum Gasteiger partial charge on any atom is -0.354 e. The lowest BCUT2D eigenvalue weighted by atomic mass is 10.2. The highest BCUT2D eigenvalue weighted by molar-refractivity contribution is 5.96. The normalized spacial score (nSPS) is 17.1. The van der Waals surface area contributed by atoms with E-state index in [4.69, 9.17) is 5.73 Å². The van der Waals surface area contributed by atoms with Crippen LogP contribution in [0.15, 0.2) is 6.07 Å². The number of carbonyl (C=O) groups excluding carboxylic acids is 2. The first-order valence-electron chi connectivity index (χ1n) is 7.28. The molecule has 0 saturated carbocycles. The van der Waals surface area contributed by atoms with Crippen LogP contribution in [-0.4, -0.2) is 59.0 Å². The molecule has 0 bridgehead atoms. The van der Waals surface area contributed by atoms with Crippen LogP contribution in [-0.2, 0) is 4.79 Å². The summed E-state index contributed by atoms with van der Waals surface area (Å²) in [5.74, 6) is 1.31. The second kappa shape index (κ2) is 6.69. The minimum absolute atomic E-state index is 0.366. The number of nitrogens with two attached hydrogens (primary N) is 1. The van der Waals surface area contributed by atoms with E-state index in [2.05, 4.69) is 20.2 Å². The van der Waals surface area contributed by atoms with Gasteiger partial charge < -0.3 is 10.6 Å². The number of rotatable bonds is 3. The van der Waals surface area contributed by atoms with Crippen molar-refractivity contribution in [1.82, 2.24) is 20.2 Å². The zero-order valence-corrected chi connectivity index (χ0v) is 13.2. The summed E-state index contributed by atoms with van der Waals surface area (Å²) in [7, 11) is 0. The first kappa shape index (κ1) is 16.2. The van der Waals surface area contributed by atoms with Crippen molar-refractivity contribution in [3.05, 3.63) is 17.6 Å². The molecule has 0 aromatic carbocycles. The van der Waals surface area contributed by atoms with Gasteiger partial charge in [0.15, 0.2) is 0 Å². The molecule has 1 aliphatic rings. The number of urea groups is 1. The average molecular weight is 306 g/mol. The topological polar surface area (TPSA) is 104 Å². The number of anilines is 1. The third kappa shape index (κ3) is 3.91. The lowest BCUT2D eigenvalue weighted by Crippen LogP contribution is -2.55. The molecule has 0 radical (unpaired) electrons. The van der Waals surface area contributed by atoms with Gasteiger partial charge in [0.2, 0.25) is 5.91 Å². The Kier molecular flexibility index (Phi) is 4.92. The lowest BCUT2D eigenvalue weighted by molar-refractivity contribution is -0.124. The van der Waals surface area contributed by atoms with Crippen molar-refractivity contribution in [1.29, 1.82) is 0 Å². The van der Waals surface area contributed by atoms with Crippen LogP contribution in [0.2, 0.25) is 0 Å². The monoisotopic (exact) mass is 306 g/mol. The molecule has 1 aromatic rings. The van der Waals surface area contributed by atoms with Gasteiger partial charge in [0, 0.05) is 37.9 Å². The smallest absolute Gasteiger partial charge is 0.318 e. The van der Waals surface area contributed by atoms with E-state index < -0.39 is 6.03 Å². The summed E-state index contributed by atoms with van der Waals surface area (Å²) < 4.78 is 0. The number of aromatic nitrogens is 2. The minimum atomic E-state index is -0.817. The molecule has 1 fully saturated rings. The number of hydrogen-bond acceptors (Lipinski definition) is 6. The van der Waals surface area contributed by atoms with Crippen molar-refractivity contribution in [3.8, 4) is 0 Å². The van der Waals surface area contributed by atoms with E-state index in [1.54, 1.807) is 6.92 Å². The third-order valence-corrected chi connectivity index (χ3v) is 3.76. The third-order valence-electron chi connectivity index (χ3n) is 3.76. The summed E-state index contributed by atoms with van der Waals surface area (Å²) in [5.41, 5.74) is 5.92. The number of carbonyl (C=O) groups is 2. The Morgan fingerprint density at radius 2 is 1.86 bits per heavy atom.